The van der Waals surface area contributed by atoms with Crippen LogP contribution >= 0.6 is 0 Å². The Kier molecular flexibility index (Phi) is 4.19. The monoisotopic (exact) mass is 290 g/mol. The Morgan fingerprint density at radius 2 is 2.43 bits per heavy atom. The first-order chi connectivity index (χ1) is 10.3. The summed E-state index contributed by atoms with van der Waals surface area (Å²) < 4.78 is 1.43. The third-order valence-electron chi connectivity index (χ3n) is 4.00. The smallest absolute Gasteiger partial charge is 0.348 e. The molecule has 0 aromatic carbocycles. The van der Waals surface area contributed by atoms with E-state index in [4.69, 9.17) is 0 Å². The van der Waals surface area contributed by atoms with Gasteiger partial charge in [0.05, 0.1) is 0 Å². The highest BCUT2D eigenvalue weighted by molar-refractivity contribution is 5.50. The number of fused-ring (bicyclic) bond motifs is 1. The molecule has 0 amide bonds. The van der Waals surface area contributed by atoms with E-state index in [1.165, 1.54) is 17.2 Å². The highest BCUT2D eigenvalue weighted by Crippen LogP contribution is 2.16. The molecule has 2 N–H and O–H groups in total. The lowest BCUT2D eigenvalue weighted by Crippen LogP contribution is -2.38. The second kappa shape index (κ2) is 6.26. The molecule has 0 saturated carbocycles. The number of aromatic amines is 1. The molecule has 0 radical (unpaired) electrons. The van der Waals surface area contributed by atoms with Gasteiger partial charge in [0.25, 0.3) is 0 Å². The summed E-state index contributed by atoms with van der Waals surface area (Å²) in [6.07, 6.45) is 6.30. The molecule has 3 rings (SSSR count). The van der Waals surface area contributed by atoms with Crippen molar-refractivity contribution >= 4 is 11.5 Å². The summed E-state index contributed by atoms with van der Waals surface area (Å²) in [4.78, 5) is 18.2. The zero-order valence-corrected chi connectivity index (χ0v) is 12.4. The van der Waals surface area contributed by atoms with Crippen LogP contribution in [-0.2, 0) is 0 Å². The molecule has 1 fully saturated rings. The molecule has 7 heteroatoms. The summed E-state index contributed by atoms with van der Waals surface area (Å²) in [5.41, 5.74) is 0.368. The van der Waals surface area contributed by atoms with Crippen LogP contribution in [0.3, 0.4) is 0 Å². The molecule has 2 aromatic rings. The van der Waals surface area contributed by atoms with Gasteiger partial charge >= 0.3 is 5.69 Å². The summed E-state index contributed by atoms with van der Waals surface area (Å²) in [6.45, 7) is 5.23. The average molecular weight is 290 g/mol. The molecule has 21 heavy (non-hydrogen) atoms. The van der Waals surface area contributed by atoms with Crippen molar-refractivity contribution in [2.45, 2.75) is 38.6 Å². The molecule has 1 aliphatic rings. The first-order valence-electron chi connectivity index (χ1n) is 7.69. The SMILES string of the molecule is CCCCN(CC1CCCN1)c1cc2n[nH]c(=O)n2cn1. The van der Waals surface area contributed by atoms with Gasteiger partial charge in [-0.25, -0.2) is 19.3 Å². The van der Waals surface area contributed by atoms with Crippen molar-refractivity contribution in [2.24, 2.45) is 0 Å². The molecule has 1 unspecified atom stereocenters. The van der Waals surface area contributed by atoms with Crippen molar-refractivity contribution in [3.63, 3.8) is 0 Å². The van der Waals surface area contributed by atoms with Gasteiger partial charge in [0.1, 0.15) is 12.1 Å². The predicted octanol–water partition coefficient (Wildman–Crippen LogP) is 0.776. The largest absolute Gasteiger partial charge is 0.355 e. The standard InChI is InChI=1S/C14H22N6O/c1-2-3-7-19(9-11-5-4-6-15-11)12-8-13-17-18-14(21)20(13)10-16-12/h8,10-11,15H,2-7,9H2,1H3,(H,18,21). The van der Waals surface area contributed by atoms with Gasteiger partial charge in [-0.05, 0) is 25.8 Å². The van der Waals surface area contributed by atoms with Crippen LogP contribution in [0.25, 0.3) is 5.65 Å². The van der Waals surface area contributed by atoms with Crippen molar-refractivity contribution in [2.75, 3.05) is 24.5 Å². The lowest BCUT2D eigenvalue weighted by atomic mass is 10.2. The van der Waals surface area contributed by atoms with Crippen molar-refractivity contribution in [3.05, 3.63) is 22.9 Å². The number of rotatable bonds is 6. The Labute approximate surface area is 123 Å². The van der Waals surface area contributed by atoms with Gasteiger partial charge in [0.2, 0.25) is 0 Å². The van der Waals surface area contributed by atoms with Crippen molar-refractivity contribution in [3.8, 4) is 0 Å². The molecule has 0 spiro atoms. The minimum absolute atomic E-state index is 0.249. The Bertz CT molecular complexity index is 642. The van der Waals surface area contributed by atoms with Crippen molar-refractivity contribution < 1.29 is 0 Å². The van der Waals surface area contributed by atoms with Gasteiger partial charge in [-0.3, -0.25) is 0 Å². The fourth-order valence-corrected chi connectivity index (χ4v) is 2.80. The first-order valence-corrected chi connectivity index (χ1v) is 7.69. The number of H-pyrrole nitrogens is 1. The van der Waals surface area contributed by atoms with E-state index in [2.05, 4.69) is 32.3 Å². The lowest BCUT2D eigenvalue weighted by molar-refractivity contribution is 0.569. The van der Waals surface area contributed by atoms with E-state index in [0.717, 1.165) is 38.3 Å². The second-order valence-electron chi connectivity index (χ2n) is 5.60. The lowest BCUT2D eigenvalue weighted by Gasteiger charge is -2.26. The molecular formula is C14H22N6O. The zero-order valence-electron chi connectivity index (χ0n) is 12.4. The maximum atomic E-state index is 11.5. The summed E-state index contributed by atoms with van der Waals surface area (Å²) in [6, 6.07) is 2.41. The number of hydrogen-bond acceptors (Lipinski definition) is 5. The number of nitrogens with one attached hydrogen (secondary N) is 2. The molecule has 3 heterocycles. The number of aromatic nitrogens is 4. The summed E-state index contributed by atoms with van der Waals surface area (Å²) in [5, 5.41) is 9.99. The number of unbranched alkanes of at least 4 members (excludes halogenated alkanes) is 1. The van der Waals surface area contributed by atoms with Gasteiger partial charge in [-0.15, -0.1) is 0 Å². The van der Waals surface area contributed by atoms with Crippen molar-refractivity contribution in [1.82, 2.24) is 24.9 Å². The van der Waals surface area contributed by atoms with E-state index >= 15 is 0 Å². The minimum Gasteiger partial charge on any atom is -0.355 e. The quantitative estimate of drug-likeness (QED) is 0.822. The Morgan fingerprint density at radius 3 is 3.19 bits per heavy atom. The number of anilines is 1. The predicted molar refractivity (Wildman–Crippen MR) is 81.8 cm³/mol. The second-order valence-corrected chi connectivity index (χ2v) is 5.60. The van der Waals surface area contributed by atoms with Crippen molar-refractivity contribution in [1.29, 1.82) is 0 Å². The van der Waals surface area contributed by atoms with Gasteiger partial charge in [0.15, 0.2) is 5.65 Å². The molecule has 7 nitrogen and oxygen atoms in total. The topological polar surface area (TPSA) is 78.3 Å². The van der Waals surface area contributed by atoms with Crippen LogP contribution in [0.4, 0.5) is 5.82 Å². The van der Waals surface area contributed by atoms with Gasteiger partial charge < -0.3 is 10.2 Å². The Hall–Kier alpha value is -1.89. The molecule has 1 atom stereocenters. The molecule has 2 aromatic heterocycles. The normalized spacial score (nSPS) is 18.4. The first kappa shape index (κ1) is 14.1. The average Bonchev–Trinajstić information content (AvgIpc) is 3.13. The van der Waals surface area contributed by atoms with E-state index in [9.17, 15) is 4.79 Å². The van der Waals surface area contributed by atoms with E-state index in [1.807, 2.05) is 6.07 Å². The van der Waals surface area contributed by atoms with Crippen LogP contribution in [0.1, 0.15) is 32.6 Å². The molecular weight excluding hydrogens is 268 g/mol. The van der Waals surface area contributed by atoms with E-state index in [0.29, 0.717) is 11.7 Å². The fourth-order valence-electron chi connectivity index (χ4n) is 2.80. The molecule has 1 saturated heterocycles. The molecule has 1 aliphatic heterocycles. The molecule has 0 bridgehead atoms. The summed E-state index contributed by atoms with van der Waals surface area (Å²) >= 11 is 0. The van der Waals surface area contributed by atoms with Crippen LogP contribution in [0.2, 0.25) is 0 Å². The van der Waals surface area contributed by atoms with Gasteiger partial charge in [-0.1, -0.05) is 13.3 Å². The number of nitrogens with zero attached hydrogens (tertiary/aromatic N) is 4. The highest BCUT2D eigenvalue weighted by Gasteiger charge is 2.19. The Morgan fingerprint density at radius 1 is 1.52 bits per heavy atom. The highest BCUT2D eigenvalue weighted by atomic mass is 16.1. The summed E-state index contributed by atoms with van der Waals surface area (Å²) in [7, 11) is 0. The van der Waals surface area contributed by atoms with Crippen LogP contribution in [0, 0.1) is 0 Å². The maximum absolute atomic E-state index is 11.5. The molecule has 114 valence electrons. The minimum atomic E-state index is -0.249. The molecule has 0 aliphatic carbocycles. The van der Waals surface area contributed by atoms with Gasteiger partial charge in [-0.2, -0.15) is 5.10 Å². The zero-order chi connectivity index (χ0) is 14.7. The fraction of sp³-hybridized carbons (Fsp3) is 0.643. The van der Waals surface area contributed by atoms with E-state index in [1.54, 1.807) is 6.33 Å². The van der Waals surface area contributed by atoms with Crippen LogP contribution < -0.4 is 15.9 Å². The third-order valence-corrected chi connectivity index (χ3v) is 4.00. The van der Waals surface area contributed by atoms with E-state index in [-0.39, 0.29) is 5.69 Å². The summed E-state index contributed by atoms with van der Waals surface area (Å²) in [5.74, 6) is 0.892. The van der Waals surface area contributed by atoms with Crippen LogP contribution in [0.15, 0.2) is 17.2 Å². The maximum Gasteiger partial charge on any atom is 0.348 e. The van der Waals surface area contributed by atoms with E-state index < -0.39 is 0 Å². The Balaban J connectivity index is 1.83. The van der Waals surface area contributed by atoms with Crippen LogP contribution in [-0.4, -0.2) is 45.3 Å². The van der Waals surface area contributed by atoms with Crippen LogP contribution in [0.5, 0.6) is 0 Å². The number of hydrogen-bond donors (Lipinski definition) is 2. The third kappa shape index (κ3) is 3.07. The van der Waals surface area contributed by atoms with Gasteiger partial charge in [0, 0.05) is 25.2 Å².